The topological polar surface area (TPSA) is 101 Å². The Kier molecular flexibility index (Phi) is 6.19. The minimum absolute atomic E-state index is 0.309. The molecule has 0 aliphatic heterocycles. The SMILES string of the molecule is CC(C)(C)NNOC(=O)C(=O)ONNC(C)(C)C. The largest absolute Gasteiger partial charge is 0.439 e. The van der Waals surface area contributed by atoms with Gasteiger partial charge in [0.05, 0.1) is 0 Å². The highest BCUT2D eigenvalue weighted by Gasteiger charge is 2.20. The summed E-state index contributed by atoms with van der Waals surface area (Å²) in [5.74, 6) is -2.34. The molecular weight excluding hydrogens is 240 g/mol. The van der Waals surface area contributed by atoms with Crippen LogP contribution in [0.25, 0.3) is 0 Å². The molecule has 0 aromatic rings. The van der Waals surface area contributed by atoms with E-state index in [1.165, 1.54) is 0 Å². The Morgan fingerprint density at radius 1 is 0.722 bits per heavy atom. The van der Waals surface area contributed by atoms with E-state index in [1.807, 2.05) is 41.5 Å². The molecule has 8 heteroatoms. The predicted molar refractivity (Wildman–Crippen MR) is 64.2 cm³/mol. The van der Waals surface area contributed by atoms with Crippen molar-refractivity contribution in [3.8, 4) is 0 Å². The Balaban J connectivity index is 3.81. The molecule has 0 heterocycles. The number of carbonyl (C=O) groups excluding carboxylic acids is 2. The Labute approximate surface area is 107 Å². The molecule has 0 unspecified atom stereocenters. The van der Waals surface area contributed by atoms with Gasteiger partial charge in [0.15, 0.2) is 0 Å². The Morgan fingerprint density at radius 3 is 1.22 bits per heavy atom. The van der Waals surface area contributed by atoms with E-state index in [2.05, 4.69) is 31.7 Å². The summed E-state index contributed by atoms with van der Waals surface area (Å²) < 4.78 is 0. The molecule has 0 atom stereocenters. The first-order valence-corrected chi connectivity index (χ1v) is 5.47. The standard InChI is InChI=1S/C10H22N4O4/c1-9(2,3)11-13-17-7(15)8(16)18-14-12-10(4,5)6/h11-14H,1-6H3. The zero-order valence-corrected chi connectivity index (χ0v) is 11.6. The van der Waals surface area contributed by atoms with Crippen molar-refractivity contribution in [2.45, 2.75) is 52.6 Å². The van der Waals surface area contributed by atoms with E-state index in [9.17, 15) is 9.59 Å². The highest BCUT2D eigenvalue weighted by molar-refractivity contribution is 6.29. The lowest BCUT2D eigenvalue weighted by Crippen LogP contribution is -2.49. The number of hydrogen-bond acceptors (Lipinski definition) is 8. The van der Waals surface area contributed by atoms with Crippen molar-refractivity contribution in [3.05, 3.63) is 0 Å². The molecule has 0 saturated heterocycles. The number of hydrazine groups is 2. The molecule has 0 aromatic heterocycles. The first-order valence-electron chi connectivity index (χ1n) is 5.47. The van der Waals surface area contributed by atoms with Crippen LogP contribution in [0.15, 0.2) is 0 Å². The summed E-state index contributed by atoms with van der Waals surface area (Å²) in [4.78, 5) is 31.1. The molecular formula is C10H22N4O4. The smallest absolute Gasteiger partial charge is 0.346 e. The molecule has 0 amide bonds. The van der Waals surface area contributed by atoms with Gasteiger partial charge in [-0.15, -0.1) is 0 Å². The minimum atomic E-state index is -1.17. The quantitative estimate of drug-likeness (QED) is 0.404. The van der Waals surface area contributed by atoms with Gasteiger partial charge in [0.2, 0.25) is 0 Å². The number of hydrogen-bond donors (Lipinski definition) is 4. The van der Waals surface area contributed by atoms with Crippen LogP contribution in [-0.4, -0.2) is 23.0 Å². The van der Waals surface area contributed by atoms with Gasteiger partial charge in [0.1, 0.15) is 0 Å². The first kappa shape index (κ1) is 16.8. The van der Waals surface area contributed by atoms with Gasteiger partial charge < -0.3 is 9.68 Å². The second-order valence-corrected chi connectivity index (χ2v) is 5.73. The van der Waals surface area contributed by atoms with Crippen molar-refractivity contribution in [1.29, 1.82) is 0 Å². The molecule has 0 fully saturated rings. The number of carbonyl (C=O) groups is 2. The average molecular weight is 262 g/mol. The molecule has 8 nitrogen and oxygen atoms in total. The lowest BCUT2D eigenvalue weighted by Gasteiger charge is -2.21. The van der Waals surface area contributed by atoms with Crippen LogP contribution in [-0.2, 0) is 19.3 Å². The average Bonchev–Trinajstić information content (AvgIpc) is 2.13. The van der Waals surface area contributed by atoms with Gasteiger partial charge in [0.25, 0.3) is 0 Å². The van der Waals surface area contributed by atoms with Crippen molar-refractivity contribution >= 4 is 11.9 Å². The van der Waals surface area contributed by atoms with Crippen molar-refractivity contribution in [3.63, 3.8) is 0 Å². The first-order chi connectivity index (χ1) is 8.01. The van der Waals surface area contributed by atoms with Gasteiger partial charge in [-0.1, -0.05) is 11.2 Å². The van der Waals surface area contributed by atoms with Crippen molar-refractivity contribution in [1.82, 2.24) is 22.0 Å². The summed E-state index contributed by atoms with van der Waals surface area (Å²) in [5, 5.41) is 0. The highest BCUT2D eigenvalue weighted by atomic mass is 16.8. The minimum Gasteiger partial charge on any atom is -0.346 e. The molecule has 0 aliphatic carbocycles. The van der Waals surface area contributed by atoms with Crippen LogP contribution in [0.4, 0.5) is 0 Å². The third kappa shape index (κ3) is 9.97. The second-order valence-electron chi connectivity index (χ2n) is 5.73. The summed E-state index contributed by atoms with van der Waals surface area (Å²) >= 11 is 0. The molecule has 0 rings (SSSR count). The highest BCUT2D eigenvalue weighted by Crippen LogP contribution is 1.96. The molecule has 0 aliphatic rings. The van der Waals surface area contributed by atoms with Gasteiger partial charge in [0, 0.05) is 11.1 Å². The fourth-order valence-electron chi connectivity index (χ4n) is 0.533. The summed E-state index contributed by atoms with van der Waals surface area (Å²) in [7, 11) is 0. The van der Waals surface area contributed by atoms with Gasteiger partial charge in [-0.3, -0.25) is 0 Å². The Morgan fingerprint density at radius 2 is 1.00 bits per heavy atom. The molecule has 0 radical (unpaired) electrons. The maximum Gasteiger partial charge on any atom is 0.439 e. The van der Waals surface area contributed by atoms with Crippen LogP contribution in [0.5, 0.6) is 0 Å². The van der Waals surface area contributed by atoms with E-state index >= 15 is 0 Å². The molecule has 0 aromatic carbocycles. The second kappa shape index (κ2) is 6.64. The van der Waals surface area contributed by atoms with Gasteiger partial charge in [-0.05, 0) is 41.5 Å². The summed E-state index contributed by atoms with van der Waals surface area (Å²) in [6, 6.07) is 0. The van der Waals surface area contributed by atoms with Crippen LogP contribution in [0.2, 0.25) is 0 Å². The zero-order valence-electron chi connectivity index (χ0n) is 11.6. The molecule has 4 N–H and O–H groups in total. The third-order valence-corrected chi connectivity index (χ3v) is 1.31. The number of rotatable bonds is 4. The summed E-state index contributed by atoms with van der Waals surface area (Å²) in [6.45, 7) is 11.1. The van der Waals surface area contributed by atoms with E-state index in [0.717, 1.165) is 0 Å². The van der Waals surface area contributed by atoms with Crippen molar-refractivity contribution in [2.75, 3.05) is 0 Å². The monoisotopic (exact) mass is 262 g/mol. The Bertz CT molecular complexity index is 263. The van der Waals surface area contributed by atoms with E-state index < -0.39 is 11.9 Å². The van der Waals surface area contributed by atoms with Crippen LogP contribution in [0.1, 0.15) is 41.5 Å². The maximum absolute atomic E-state index is 11.1. The van der Waals surface area contributed by atoms with E-state index in [0.29, 0.717) is 0 Å². The van der Waals surface area contributed by atoms with Gasteiger partial charge in [-0.25, -0.2) is 20.4 Å². The van der Waals surface area contributed by atoms with Gasteiger partial charge >= 0.3 is 11.9 Å². The molecule has 106 valence electrons. The maximum atomic E-state index is 11.1. The van der Waals surface area contributed by atoms with Crippen molar-refractivity contribution in [2.24, 2.45) is 0 Å². The zero-order chi connectivity index (χ0) is 14.4. The Hall–Kier alpha value is -1.22. The van der Waals surface area contributed by atoms with Crippen LogP contribution >= 0.6 is 0 Å². The lowest BCUT2D eigenvalue weighted by molar-refractivity contribution is -0.180. The molecule has 18 heavy (non-hydrogen) atoms. The fraction of sp³-hybridized carbons (Fsp3) is 0.800. The van der Waals surface area contributed by atoms with E-state index in [-0.39, 0.29) is 11.1 Å². The lowest BCUT2D eigenvalue weighted by atomic mass is 10.1. The number of nitrogens with one attached hydrogen (secondary N) is 4. The summed E-state index contributed by atoms with van der Waals surface area (Å²) in [5.41, 5.74) is 9.01. The third-order valence-electron chi connectivity index (χ3n) is 1.31. The normalized spacial score (nSPS) is 12.1. The van der Waals surface area contributed by atoms with Crippen molar-refractivity contribution < 1.29 is 19.3 Å². The van der Waals surface area contributed by atoms with Crippen LogP contribution in [0, 0.1) is 0 Å². The van der Waals surface area contributed by atoms with Gasteiger partial charge in [-0.2, -0.15) is 0 Å². The molecule has 0 spiro atoms. The predicted octanol–water partition coefficient (Wildman–Crippen LogP) is -0.312. The molecule has 0 saturated carbocycles. The fourth-order valence-corrected chi connectivity index (χ4v) is 0.533. The van der Waals surface area contributed by atoms with E-state index in [1.54, 1.807) is 0 Å². The van der Waals surface area contributed by atoms with Crippen LogP contribution < -0.4 is 22.0 Å². The van der Waals surface area contributed by atoms with Crippen LogP contribution in [0.3, 0.4) is 0 Å². The summed E-state index contributed by atoms with van der Waals surface area (Å²) in [6.07, 6.45) is 0. The molecule has 0 bridgehead atoms. The van der Waals surface area contributed by atoms with E-state index in [4.69, 9.17) is 0 Å².